The second-order valence-electron chi connectivity index (χ2n) is 6.14. The molecule has 2 unspecified atom stereocenters. The Bertz CT molecular complexity index is 586. The Hall–Kier alpha value is -2.08. The van der Waals surface area contributed by atoms with E-state index in [1.165, 1.54) is 0 Å². The van der Waals surface area contributed by atoms with E-state index in [4.69, 9.17) is 10.5 Å². The zero-order valence-corrected chi connectivity index (χ0v) is 14.0. The molecule has 3 N–H and O–H groups in total. The Morgan fingerprint density at radius 1 is 1.48 bits per heavy atom. The Balaban J connectivity index is 2.09. The topological polar surface area (TPSA) is 84.7 Å². The number of nitrogens with one attached hydrogen (secondary N) is 1. The van der Waals surface area contributed by atoms with Gasteiger partial charge >= 0.3 is 0 Å². The van der Waals surface area contributed by atoms with Gasteiger partial charge in [0.05, 0.1) is 18.3 Å². The molecule has 1 aliphatic rings. The lowest BCUT2D eigenvalue weighted by molar-refractivity contribution is -0.130. The number of amides is 2. The quantitative estimate of drug-likeness (QED) is 0.831. The molecule has 2 amide bonds. The molecule has 126 valence electrons. The number of benzene rings is 1. The van der Waals surface area contributed by atoms with Crippen LogP contribution < -0.4 is 20.7 Å². The largest absolute Gasteiger partial charge is 0.495 e. The molecule has 0 saturated carbocycles. The van der Waals surface area contributed by atoms with Crippen molar-refractivity contribution in [1.82, 2.24) is 5.32 Å². The van der Waals surface area contributed by atoms with Crippen molar-refractivity contribution in [3.05, 3.63) is 24.3 Å². The first-order valence-electron chi connectivity index (χ1n) is 7.95. The fourth-order valence-electron chi connectivity index (χ4n) is 2.86. The van der Waals surface area contributed by atoms with Gasteiger partial charge in [-0.2, -0.15) is 0 Å². The normalized spacial score (nSPS) is 20.3. The van der Waals surface area contributed by atoms with Gasteiger partial charge in [-0.3, -0.25) is 9.59 Å². The van der Waals surface area contributed by atoms with Crippen molar-refractivity contribution in [1.29, 1.82) is 0 Å². The first-order chi connectivity index (χ1) is 10.9. The molecular formula is C17H25N3O3. The molecule has 0 radical (unpaired) electrons. The molecule has 0 aromatic heterocycles. The van der Waals surface area contributed by atoms with E-state index < -0.39 is 11.6 Å². The van der Waals surface area contributed by atoms with E-state index in [1.807, 2.05) is 31.2 Å². The summed E-state index contributed by atoms with van der Waals surface area (Å²) in [6, 6.07) is 6.83. The van der Waals surface area contributed by atoms with E-state index in [-0.39, 0.29) is 11.8 Å². The number of nitrogens with two attached hydrogens (primary N) is 1. The molecule has 1 aromatic rings. The van der Waals surface area contributed by atoms with E-state index in [0.717, 1.165) is 12.1 Å². The minimum absolute atomic E-state index is 0.129. The van der Waals surface area contributed by atoms with Crippen LogP contribution in [0, 0.1) is 0 Å². The molecule has 0 bridgehead atoms. The smallest absolute Gasteiger partial charge is 0.249 e. The molecule has 1 fully saturated rings. The van der Waals surface area contributed by atoms with Gasteiger partial charge in [0.25, 0.3) is 0 Å². The van der Waals surface area contributed by atoms with E-state index in [2.05, 4.69) is 5.32 Å². The lowest BCUT2D eigenvalue weighted by atomic mass is 9.96. The van der Waals surface area contributed by atoms with Crippen LogP contribution in [-0.4, -0.2) is 37.0 Å². The second-order valence-corrected chi connectivity index (χ2v) is 6.14. The van der Waals surface area contributed by atoms with Crippen LogP contribution in [0.4, 0.5) is 5.69 Å². The molecule has 0 aliphatic carbocycles. The van der Waals surface area contributed by atoms with Crippen molar-refractivity contribution in [2.24, 2.45) is 5.73 Å². The Kier molecular flexibility index (Phi) is 5.26. The van der Waals surface area contributed by atoms with Crippen molar-refractivity contribution in [3.8, 4) is 5.75 Å². The zero-order valence-electron chi connectivity index (χ0n) is 14.0. The third-order valence-corrected chi connectivity index (χ3v) is 4.17. The number of para-hydroxylation sites is 2. The van der Waals surface area contributed by atoms with Gasteiger partial charge in [0.1, 0.15) is 11.8 Å². The highest BCUT2D eigenvalue weighted by Crippen LogP contribution is 2.31. The number of nitrogens with zero attached hydrogens (tertiary/aromatic N) is 1. The van der Waals surface area contributed by atoms with Gasteiger partial charge in [-0.1, -0.05) is 25.5 Å². The van der Waals surface area contributed by atoms with E-state index >= 15 is 0 Å². The van der Waals surface area contributed by atoms with Crippen LogP contribution in [0.15, 0.2) is 24.3 Å². The van der Waals surface area contributed by atoms with Gasteiger partial charge in [0, 0.05) is 6.54 Å². The maximum atomic E-state index is 12.6. The van der Waals surface area contributed by atoms with E-state index in [1.54, 1.807) is 18.9 Å². The van der Waals surface area contributed by atoms with Crippen LogP contribution in [0.25, 0.3) is 0 Å². The minimum Gasteiger partial charge on any atom is -0.495 e. The molecule has 2 rings (SSSR count). The Morgan fingerprint density at radius 2 is 2.17 bits per heavy atom. The highest BCUT2D eigenvalue weighted by atomic mass is 16.5. The third kappa shape index (κ3) is 3.64. The molecule has 6 heteroatoms. The summed E-state index contributed by atoms with van der Waals surface area (Å²) in [7, 11) is 1.57. The van der Waals surface area contributed by atoms with Crippen LogP contribution in [0.2, 0.25) is 0 Å². The second kappa shape index (κ2) is 7.00. The number of hydrogen-bond acceptors (Lipinski definition) is 4. The van der Waals surface area contributed by atoms with Crippen molar-refractivity contribution in [2.75, 3.05) is 18.6 Å². The van der Waals surface area contributed by atoms with Gasteiger partial charge in [-0.05, 0) is 31.9 Å². The summed E-state index contributed by atoms with van der Waals surface area (Å²) >= 11 is 0. The first-order valence-corrected chi connectivity index (χ1v) is 7.95. The molecule has 1 aliphatic heterocycles. The van der Waals surface area contributed by atoms with Crippen LogP contribution in [0.1, 0.15) is 33.1 Å². The summed E-state index contributed by atoms with van der Waals surface area (Å²) in [5.74, 6) is 0.234. The van der Waals surface area contributed by atoms with Gasteiger partial charge in [-0.25, -0.2) is 0 Å². The van der Waals surface area contributed by atoms with Gasteiger partial charge in [0.15, 0.2) is 0 Å². The predicted molar refractivity (Wildman–Crippen MR) is 89.4 cm³/mol. The number of ether oxygens (including phenoxy) is 1. The summed E-state index contributed by atoms with van der Waals surface area (Å²) in [6.07, 6.45) is 1.95. The van der Waals surface area contributed by atoms with Crippen LogP contribution in [-0.2, 0) is 9.59 Å². The Labute approximate surface area is 137 Å². The van der Waals surface area contributed by atoms with Crippen molar-refractivity contribution in [3.63, 3.8) is 0 Å². The maximum absolute atomic E-state index is 12.6. The van der Waals surface area contributed by atoms with E-state index in [0.29, 0.717) is 25.1 Å². The van der Waals surface area contributed by atoms with Crippen molar-refractivity contribution in [2.45, 2.75) is 44.7 Å². The summed E-state index contributed by atoms with van der Waals surface area (Å²) < 4.78 is 5.31. The van der Waals surface area contributed by atoms with Crippen LogP contribution in [0.5, 0.6) is 5.75 Å². The van der Waals surface area contributed by atoms with Crippen molar-refractivity contribution >= 4 is 17.5 Å². The molecule has 1 aromatic carbocycles. The van der Waals surface area contributed by atoms with Gasteiger partial charge in [0.2, 0.25) is 11.8 Å². The molecule has 0 spiro atoms. The lowest BCUT2D eigenvalue weighted by Gasteiger charge is -2.25. The van der Waals surface area contributed by atoms with Gasteiger partial charge < -0.3 is 20.7 Å². The molecule has 1 saturated heterocycles. The number of carbonyl (C=O) groups is 2. The molecular weight excluding hydrogens is 294 g/mol. The summed E-state index contributed by atoms with van der Waals surface area (Å²) in [5.41, 5.74) is 5.80. The third-order valence-electron chi connectivity index (χ3n) is 4.17. The highest BCUT2D eigenvalue weighted by Gasteiger charge is 2.37. The highest BCUT2D eigenvalue weighted by molar-refractivity contribution is 6.03. The SMILES string of the molecule is CCCC(C)(N)C(=O)NC1CCN(c2ccccc2OC)C1=O. The maximum Gasteiger partial charge on any atom is 0.249 e. The standard InChI is InChI=1S/C17H25N3O3/c1-4-10-17(2,18)16(22)19-12-9-11-20(15(12)21)13-7-5-6-8-14(13)23-3/h5-8,12H,4,9-11,18H2,1-3H3,(H,19,22). The minimum atomic E-state index is -0.952. The number of rotatable bonds is 6. The molecule has 1 heterocycles. The first kappa shape index (κ1) is 17.3. The van der Waals surface area contributed by atoms with Crippen molar-refractivity contribution < 1.29 is 14.3 Å². The number of anilines is 1. The molecule has 6 nitrogen and oxygen atoms in total. The summed E-state index contributed by atoms with van der Waals surface area (Å²) in [5, 5.41) is 2.79. The number of carbonyl (C=O) groups excluding carboxylic acids is 2. The molecule has 2 atom stereocenters. The average Bonchev–Trinajstić information content (AvgIpc) is 2.88. The lowest BCUT2D eigenvalue weighted by Crippen LogP contribution is -2.55. The van der Waals surface area contributed by atoms with Crippen LogP contribution >= 0.6 is 0 Å². The van der Waals surface area contributed by atoms with E-state index in [9.17, 15) is 9.59 Å². The number of methoxy groups -OCH3 is 1. The monoisotopic (exact) mass is 319 g/mol. The molecule has 23 heavy (non-hydrogen) atoms. The van der Waals surface area contributed by atoms with Crippen LogP contribution in [0.3, 0.4) is 0 Å². The average molecular weight is 319 g/mol. The fraction of sp³-hybridized carbons (Fsp3) is 0.529. The summed E-state index contributed by atoms with van der Waals surface area (Å²) in [4.78, 5) is 26.6. The van der Waals surface area contributed by atoms with Gasteiger partial charge in [-0.15, -0.1) is 0 Å². The predicted octanol–water partition coefficient (Wildman–Crippen LogP) is 1.43. The zero-order chi connectivity index (χ0) is 17.0. The fourth-order valence-corrected chi connectivity index (χ4v) is 2.86. The Morgan fingerprint density at radius 3 is 2.83 bits per heavy atom. The number of hydrogen-bond donors (Lipinski definition) is 2. The summed E-state index contributed by atoms with van der Waals surface area (Å²) in [6.45, 7) is 4.21.